The highest BCUT2D eigenvalue weighted by Crippen LogP contribution is 2.41. The largest absolute Gasteiger partial charge is 0.300 e. The van der Waals surface area contributed by atoms with Crippen molar-refractivity contribution in [2.75, 3.05) is 0 Å². The minimum atomic E-state index is -3.05. The minimum absolute atomic E-state index is 0.119. The highest BCUT2D eigenvalue weighted by molar-refractivity contribution is 6.35. The molecule has 0 radical (unpaired) electrons. The summed E-state index contributed by atoms with van der Waals surface area (Å²) in [5.41, 5.74) is 9.00. The quantitative estimate of drug-likeness (QED) is 0.282. The van der Waals surface area contributed by atoms with Gasteiger partial charge in [0.25, 0.3) is 5.92 Å². The van der Waals surface area contributed by atoms with E-state index >= 15 is 8.78 Å². The summed E-state index contributed by atoms with van der Waals surface area (Å²) in [6, 6.07) is 15.1. The van der Waals surface area contributed by atoms with Crippen LogP contribution >= 0.6 is 11.6 Å². The Kier molecular flexibility index (Phi) is 7.61. The fraction of sp³-hybridized carbons (Fsp3) is 0.353. The molecule has 0 atom stereocenters. The van der Waals surface area contributed by atoms with E-state index in [0.29, 0.717) is 52.7 Å². The first kappa shape index (κ1) is 27.5. The molecule has 3 aromatic rings. The number of benzene rings is 2. The van der Waals surface area contributed by atoms with Crippen molar-refractivity contribution in [1.29, 1.82) is 5.41 Å². The maximum absolute atomic E-state index is 15.6. The molecule has 0 amide bonds. The molecule has 0 unspecified atom stereocenters. The zero-order chi connectivity index (χ0) is 27.9. The number of nitrogens with zero attached hydrogens (tertiary/aromatic N) is 1. The van der Waals surface area contributed by atoms with E-state index in [9.17, 15) is 0 Å². The van der Waals surface area contributed by atoms with Crippen molar-refractivity contribution >= 4 is 22.9 Å². The van der Waals surface area contributed by atoms with Gasteiger partial charge < -0.3 is 0 Å². The third-order valence-corrected chi connectivity index (χ3v) is 8.52. The highest BCUT2D eigenvalue weighted by Gasteiger charge is 2.39. The third-order valence-electron chi connectivity index (χ3n) is 8.20. The molecule has 1 fully saturated rings. The Hall–Kier alpha value is -3.11. The molecular formula is C34H35ClF2N2. The van der Waals surface area contributed by atoms with Crippen LogP contribution in [0, 0.1) is 11.3 Å². The van der Waals surface area contributed by atoms with Gasteiger partial charge >= 0.3 is 0 Å². The lowest BCUT2D eigenvalue weighted by atomic mass is 9.89. The Morgan fingerprint density at radius 3 is 2.51 bits per heavy atom. The second-order valence-corrected chi connectivity index (χ2v) is 11.5. The van der Waals surface area contributed by atoms with Crippen LogP contribution in [0.25, 0.3) is 5.57 Å². The lowest BCUT2D eigenvalue weighted by molar-refractivity contribution is -0.00844. The lowest BCUT2D eigenvalue weighted by Crippen LogP contribution is -2.20. The number of aryl methyl sites for hydroxylation is 2. The van der Waals surface area contributed by atoms with Crippen LogP contribution < -0.4 is 0 Å². The minimum Gasteiger partial charge on any atom is -0.300 e. The predicted molar refractivity (Wildman–Crippen MR) is 157 cm³/mol. The number of pyridine rings is 1. The number of hydrogen-bond donors (Lipinski definition) is 1. The smallest absolute Gasteiger partial charge is 0.293 e. The fourth-order valence-corrected chi connectivity index (χ4v) is 6.00. The van der Waals surface area contributed by atoms with E-state index < -0.39 is 5.92 Å². The van der Waals surface area contributed by atoms with Crippen LogP contribution in [-0.2, 0) is 31.6 Å². The van der Waals surface area contributed by atoms with Crippen molar-refractivity contribution in [3.63, 3.8) is 0 Å². The summed E-state index contributed by atoms with van der Waals surface area (Å²) < 4.78 is 31.1. The molecule has 0 spiro atoms. The second kappa shape index (κ2) is 10.8. The third kappa shape index (κ3) is 5.63. The molecule has 2 aliphatic carbocycles. The number of aromatic nitrogens is 1. The monoisotopic (exact) mass is 544 g/mol. The zero-order valence-electron chi connectivity index (χ0n) is 22.9. The molecule has 5 heteroatoms. The van der Waals surface area contributed by atoms with E-state index in [0.717, 1.165) is 52.7 Å². The Morgan fingerprint density at radius 2 is 1.82 bits per heavy atom. The first-order valence-electron chi connectivity index (χ1n) is 13.8. The molecule has 1 aromatic heterocycles. The molecule has 1 N–H and O–H groups in total. The first-order valence-corrected chi connectivity index (χ1v) is 14.2. The predicted octanol–water partition coefficient (Wildman–Crippen LogP) is 9.30. The van der Waals surface area contributed by atoms with Crippen LogP contribution in [0.3, 0.4) is 0 Å². The molecule has 39 heavy (non-hydrogen) atoms. The fourth-order valence-electron chi connectivity index (χ4n) is 5.71. The summed E-state index contributed by atoms with van der Waals surface area (Å²) in [5, 5.41) is 9.75. The van der Waals surface area contributed by atoms with Crippen LogP contribution in [0.2, 0.25) is 5.02 Å². The van der Waals surface area contributed by atoms with Crippen molar-refractivity contribution in [2.24, 2.45) is 5.92 Å². The van der Waals surface area contributed by atoms with Gasteiger partial charge in [0.1, 0.15) is 5.69 Å². The molecule has 0 saturated heterocycles. The van der Waals surface area contributed by atoms with Gasteiger partial charge in [0, 0.05) is 17.7 Å². The summed E-state index contributed by atoms with van der Waals surface area (Å²) in [4.78, 5) is 4.56. The summed E-state index contributed by atoms with van der Waals surface area (Å²) in [5.74, 6) is -2.57. The summed E-state index contributed by atoms with van der Waals surface area (Å²) >= 11 is 6.59. The van der Waals surface area contributed by atoms with E-state index in [-0.39, 0.29) is 12.1 Å². The van der Waals surface area contributed by atoms with Gasteiger partial charge in [-0.2, -0.15) is 8.78 Å². The summed E-state index contributed by atoms with van der Waals surface area (Å²) in [6.07, 6.45) is 4.17. The lowest BCUT2D eigenvalue weighted by Gasteiger charge is -2.19. The van der Waals surface area contributed by atoms with Crippen molar-refractivity contribution in [3.05, 3.63) is 116 Å². The van der Waals surface area contributed by atoms with Crippen LogP contribution in [0.4, 0.5) is 8.78 Å². The van der Waals surface area contributed by atoms with Gasteiger partial charge in [-0.3, -0.25) is 10.4 Å². The van der Waals surface area contributed by atoms with Crippen molar-refractivity contribution in [1.82, 2.24) is 4.98 Å². The maximum Gasteiger partial charge on any atom is 0.293 e. The normalized spacial score (nSPS) is 16.6. The van der Waals surface area contributed by atoms with Gasteiger partial charge in [0.15, 0.2) is 0 Å². The molecule has 1 heterocycles. The van der Waals surface area contributed by atoms with Crippen LogP contribution in [0.15, 0.2) is 66.3 Å². The number of hydrogen-bond acceptors (Lipinski definition) is 2. The standard InChI is InChI=1S/C34H35ClF2N2/c1-5-22-7-6-8-30(35)31(22)32(38)29(21(4)23-9-10-23)16-15-28-14-13-25-18-27-17-24(20(2)3)11-12-26(27)19-34(36,37)33(25)39-28/h6-8,11-14,17,23,38H,2,5,9-10,15-16,18-19H2,1,3-4H3/b29-21+,38-32?. The summed E-state index contributed by atoms with van der Waals surface area (Å²) in [7, 11) is 0. The average molecular weight is 545 g/mol. The van der Waals surface area contributed by atoms with Crippen molar-refractivity contribution in [3.8, 4) is 0 Å². The van der Waals surface area contributed by atoms with Crippen LogP contribution in [0.1, 0.15) is 84.8 Å². The Labute approximate surface area is 235 Å². The molecule has 2 aromatic carbocycles. The van der Waals surface area contributed by atoms with Gasteiger partial charge in [-0.05, 0) is 104 Å². The molecule has 5 rings (SSSR count). The zero-order valence-corrected chi connectivity index (χ0v) is 23.7. The van der Waals surface area contributed by atoms with E-state index in [4.69, 9.17) is 17.0 Å². The summed E-state index contributed by atoms with van der Waals surface area (Å²) in [6.45, 7) is 10.1. The molecule has 0 aliphatic heterocycles. The molecule has 202 valence electrons. The number of fused-ring (bicyclic) bond motifs is 2. The molecular weight excluding hydrogens is 510 g/mol. The Morgan fingerprint density at radius 1 is 1.08 bits per heavy atom. The van der Waals surface area contributed by atoms with E-state index in [1.807, 2.05) is 55.5 Å². The van der Waals surface area contributed by atoms with Crippen molar-refractivity contribution in [2.45, 2.75) is 71.6 Å². The van der Waals surface area contributed by atoms with Gasteiger partial charge in [-0.15, -0.1) is 0 Å². The Balaban J connectivity index is 1.45. The van der Waals surface area contributed by atoms with Crippen LogP contribution in [0.5, 0.6) is 0 Å². The number of alkyl halides is 2. The topological polar surface area (TPSA) is 36.7 Å². The molecule has 0 bridgehead atoms. The SMILES string of the molecule is C=C(C)c1ccc2c(c1)Cc1ccc(CC/C(C(=N)c3c(Cl)cccc3CC)=C(/C)C3CC3)nc1C(F)(F)C2. The number of halogens is 3. The van der Waals surface area contributed by atoms with Crippen molar-refractivity contribution < 1.29 is 8.78 Å². The van der Waals surface area contributed by atoms with Gasteiger partial charge in [-0.25, -0.2) is 0 Å². The number of allylic oxidation sites excluding steroid dienone is 3. The molecule has 2 nitrogen and oxygen atoms in total. The average Bonchev–Trinajstić information content (AvgIpc) is 3.75. The number of nitrogens with one attached hydrogen (secondary N) is 1. The van der Waals surface area contributed by atoms with E-state index in [1.165, 1.54) is 5.57 Å². The van der Waals surface area contributed by atoms with E-state index in [2.05, 4.69) is 25.4 Å². The molecule has 2 aliphatic rings. The van der Waals surface area contributed by atoms with Crippen LogP contribution in [-0.4, -0.2) is 10.7 Å². The maximum atomic E-state index is 15.6. The van der Waals surface area contributed by atoms with Gasteiger partial charge in [-0.1, -0.05) is 72.6 Å². The number of rotatable bonds is 8. The Bertz CT molecular complexity index is 1500. The molecule has 1 saturated carbocycles. The first-order chi connectivity index (χ1) is 18.6. The highest BCUT2D eigenvalue weighted by atomic mass is 35.5. The van der Waals surface area contributed by atoms with Gasteiger partial charge in [0.2, 0.25) is 0 Å². The van der Waals surface area contributed by atoms with E-state index in [1.54, 1.807) is 0 Å². The van der Waals surface area contributed by atoms with Gasteiger partial charge in [0.05, 0.1) is 10.7 Å². The second-order valence-electron chi connectivity index (χ2n) is 11.1.